The van der Waals surface area contributed by atoms with E-state index in [9.17, 15) is 4.79 Å². The SMILES string of the molecule is COC(=O)CC(C)c1ccncc1. The minimum atomic E-state index is -0.177. The maximum atomic E-state index is 11.0. The lowest BCUT2D eigenvalue weighted by molar-refractivity contribution is -0.140. The van der Waals surface area contributed by atoms with Crippen LogP contribution in [0, 0.1) is 0 Å². The number of carbonyl (C=O) groups is 1. The summed E-state index contributed by atoms with van der Waals surface area (Å²) in [6, 6.07) is 3.82. The minimum Gasteiger partial charge on any atom is -0.469 e. The van der Waals surface area contributed by atoms with Gasteiger partial charge >= 0.3 is 5.97 Å². The van der Waals surface area contributed by atoms with E-state index < -0.39 is 0 Å². The largest absolute Gasteiger partial charge is 0.469 e. The van der Waals surface area contributed by atoms with E-state index in [2.05, 4.69) is 9.72 Å². The van der Waals surface area contributed by atoms with E-state index in [4.69, 9.17) is 0 Å². The molecule has 0 amide bonds. The van der Waals surface area contributed by atoms with Crippen LogP contribution in [-0.4, -0.2) is 18.1 Å². The Bertz CT molecular complexity index is 272. The molecule has 70 valence electrons. The van der Waals surface area contributed by atoms with Gasteiger partial charge in [0.2, 0.25) is 0 Å². The quantitative estimate of drug-likeness (QED) is 0.663. The number of esters is 1. The summed E-state index contributed by atoms with van der Waals surface area (Å²) >= 11 is 0. The molecule has 0 saturated carbocycles. The van der Waals surface area contributed by atoms with Gasteiger partial charge in [0.05, 0.1) is 13.5 Å². The highest BCUT2D eigenvalue weighted by Gasteiger charge is 2.10. The maximum Gasteiger partial charge on any atom is 0.306 e. The third-order valence-electron chi connectivity index (χ3n) is 1.98. The first-order chi connectivity index (χ1) is 6.24. The fourth-order valence-electron chi connectivity index (χ4n) is 1.14. The molecule has 1 heterocycles. The molecular formula is C10H13NO2. The number of hydrogen-bond donors (Lipinski definition) is 0. The molecule has 0 saturated heterocycles. The first kappa shape index (κ1) is 9.71. The Labute approximate surface area is 77.8 Å². The molecule has 0 N–H and O–H groups in total. The Morgan fingerprint density at radius 3 is 2.69 bits per heavy atom. The third kappa shape index (κ3) is 2.86. The van der Waals surface area contributed by atoms with Crippen LogP contribution in [0.2, 0.25) is 0 Å². The number of pyridine rings is 1. The van der Waals surface area contributed by atoms with E-state index in [1.54, 1.807) is 12.4 Å². The van der Waals surface area contributed by atoms with Crippen molar-refractivity contribution in [1.29, 1.82) is 0 Å². The van der Waals surface area contributed by atoms with E-state index in [1.807, 2.05) is 19.1 Å². The second-order valence-corrected chi connectivity index (χ2v) is 2.96. The predicted molar refractivity (Wildman–Crippen MR) is 49.3 cm³/mol. The van der Waals surface area contributed by atoms with E-state index in [1.165, 1.54) is 7.11 Å². The molecule has 3 heteroatoms. The van der Waals surface area contributed by atoms with Crippen LogP contribution in [0.25, 0.3) is 0 Å². The van der Waals surface area contributed by atoms with Crippen LogP contribution in [0.4, 0.5) is 0 Å². The van der Waals surface area contributed by atoms with Gasteiger partial charge in [0, 0.05) is 12.4 Å². The number of aromatic nitrogens is 1. The van der Waals surface area contributed by atoms with E-state index in [0.717, 1.165) is 5.56 Å². The van der Waals surface area contributed by atoms with Crippen molar-refractivity contribution in [3.8, 4) is 0 Å². The van der Waals surface area contributed by atoms with Gasteiger partial charge in [-0.15, -0.1) is 0 Å². The van der Waals surface area contributed by atoms with Gasteiger partial charge in [-0.2, -0.15) is 0 Å². The number of ether oxygens (including phenoxy) is 1. The first-order valence-corrected chi connectivity index (χ1v) is 4.20. The molecule has 0 aromatic carbocycles. The van der Waals surface area contributed by atoms with E-state index in [-0.39, 0.29) is 11.9 Å². The van der Waals surface area contributed by atoms with Gasteiger partial charge in [-0.25, -0.2) is 0 Å². The highest BCUT2D eigenvalue weighted by Crippen LogP contribution is 2.17. The molecule has 0 spiro atoms. The van der Waals surface area contributed by atoms with Crippen LogP contribution in [0.15, 0.2) is 24.5 Å². The van der Waals surface area contributed by atoms with E-state index >= 15 is 0 Å². The van der Waals surface area contributed by atoms with Crippen molar-refractivity contribution in [2.75, 3.05) is 7.11 Å². The third-order valence-corrected chi connectivity index (χ3v) is 1.98. The van der Waals surface area contributed by atoms with Crippen molar-refractivity contribution in [3.63, 3.8) is 0 Å². The molecule has 13 heavy (non-hydrogen) atoms. The van der Waals surface area contributed by atoms with Crippen molar-refractivity contribution in [1.82, 2.24) is 4.98 Å². The number of rotatable bonds is 3. The molecular weight excluding hydrogens is 166 g/mol. The summed E-state index contributed by atoms with van der Waals surface area (Å²) in [5, 5.41) is 0. The Morgan fingerprint density at radius 1 is 1.54 bits per heavy atom. The van der Waals surface area contributed by atoms with Gasteiger partial charge in [0.25, 0.3) is 0 Å². The summed E-state index contributed by atoms with van der Waals surface area (Å²) in [5.41, 5.74) is 1.11. The zero-order valence-corrected chi connectivity index (χ0v) is 7.86. The van der Waals surface area contributed by atoms with Crippen LogP contribution >= 0.6 is 0 Å². The number of nitrogens with zero attached hydrogens (tertiary/aromatic N) is 1. The predicted octanol–water partition coefficient (Wildman–Crippen LogP) is 1.75. The Hall–Kier alpha value is -1.38. The number of hydrogen-bond acceptors (Lipinski definition) is 3. The molecule has 0 aliphatic rings. The standard InChI is InChI=1S/C10H13NO2/c1-8(7-10(12)13-2)9-3-5-11-6-4-9/h3-6,8H,7H2,1-2H3. The fraction of sp³-hybridized carbons (Fsp3) is 0.400. The molecule has 1 aromatic rings. The zero-order valence-electron chi connectivity index (χ0n) is 7.86. The molecule has 0 aliphatic heterocycles. The van der Waals surface area contributed by atoms with Crippen molar-refractivity contribution in [2.45, 2.75) is 19.3 Å². The molecule has 0 fully saturated rings. The molecule has 0 aliphatic carbocycles. The van der Waals surface area contributed by atoms with Gasteiger partial charge in [-0.3, -0.25) is 9.78 Å². The summed E-state index contributed by atoms with van der Waals surface area (Å²) in [5.74, 6) is 0.0137. The van der Waals surface area contributed by atoms with Crippen molar-refractivity contribution in [3.05, 3.63) is 30.1 Å². The van der Waals surface area contributed by atoms with Crippen LogP contribution in [-0.2, 0) is 9.53 Å². The summed E-state index contributed by atoms with van der Waals surface area (Å²) in [6.45, 7) is 1.99. The Balaban J connectivity index is 2.59. The van der Waals surface area contributed by atoms with Crippen LogP contribution < -0.4 is 0 Å². The lowest BCUT2D eigenvalue weighted by Gasteiger charge is -2.09. The van der Waals surface area contributed by atoms with Gasteiger partial charge in [0.15, 0.2) is 0 Å². The second kappa shape index (κ2) is 4.60. The topological polar surface area (TPSA) is 39.2 Å². The van der Waals surface area contributed by atoms with Gasteiger partial charge in [0.1, 0.15) is 0 Å². The lowest BCUT2D eigenvalue weighted by atomic mass is 9.99. The van der Waals surface area contributed by atoms with E-state index in [0.29, 0.717) is 6.42 Å². The average molecular weight is 179 g/mol. The summed E-state index contributed by atoms with van der Waals surface area (Å²) in [4.78, 5) is 14.9. The average Bonchev–Trinajstić information content (AvgIpc) is 2.19. The van der Waals surface area contributed by atoms with Crippen LogP contribution in [0.1, 0.15) is 24.8 Å². The molecule has 1 atom stereocenters. The highest BCUT2D eigenvalue weighted by molar-refractivity contribution is 5.70. The molecule has 1 rings (SSSR count). The van der Waals surface area contributed by atoms with Crippen LogP contribution in [0.5, 0.6) is 0 Å². The molecule has 1 aromatic heterocycles. The van der Waals surface area contributed by atoms with Crippen LogP contribution in [0.3, 0.4) is 0 Å². The summed E-state index contributed by atoms with van der Waals surface area (Å²) in [6.07, 6.45) is 3.87. The zero-order chi connectivity index (χ0) is 9.68. The molecule has 0 bridgehead atoms. The van der Waals surface area contributed by atoms with Gasteiger partial charge in [-0.05, 0) is 23.6 Å². The maximum absolute atomic E-state index is 11.0. The number of carbonyl (C=O) groups excluding carboxylic acids is 1. The Kier molecular flexibility index (Phi) is 3.43. The summed E-state index contributed by atoms with van der Waals surface area (Å²) < 4.78 is 4.59. The molecule has 0 radical (unpaired) electrons. The van der Waals surface area contributed by atoms with Gasteiger partial charge in [-0.1, -0.05) is 6.92 Å². The molecule has 3 nitrogen and oxygen atoms in total. The monoisotopic (exact) mass is 179 g/mol. The smallest absolute Gasteiger partial charge is 0.306 e. The summed E-state index contributed by atoms with van der Waals surface area (Å²) in [7, 11) is 1.40. The normalized spacial score (nSPS) is 12.2. The minimum absolute atomic E-state index is 0.177. The fourth-order valence-corrected chi connectivity index (χ4v) is 1.14. The van der Waals surface area contributed by atoms with Crippen molar-refractivity contribution < 1.29 is 9.53 Å². The lowest BCUT2D eigenvalue weighted by Crippen LogP contribution is -2.05. The van der Waals surface area contributed by atoms with Crippen molar-refractivity contribution in [2.24, 2.45) is 0 Å². The number of methoxy groups -OCH3 is 1. The van der Waals surface area contributed by atoms with Gasteiger partial charge < -0.3 is 4.74 Å². The highest BCUT2D eigenvalue weighted by atomic mass is 16.5. The second-order valence-electron chi connectivity index (χ2n) is 2.96. The first-order valence-electron chi connectivity index (χ1n) is 4.20. The Morgan fingerprint density at radius 2 is 2.15 bits per heavy atom. The molecule has 1 unspecified atom stereocenters. The van der Waals surface area contributed by atoms with Crippen molar-refractivity contribution >= 4 is 5.97 Å².